The summed E-state index contributed by atoms with van der Waals surface area (Å²) in [4.78, 5) is 41.0. The van der Waals surface area contributed by atoms with Crippen LogP contribution in [0.5, 0.6) is 0 Å². The van der Waals surface area contributed by atoms with E-state index in [2.05, 4.69) is 95.3 Å². The molecule has 8 N–H and O–H groups in total. The van der Waals surface area contributed by atoms with E-state index in [0.717, 1.165) is 51.3 Å². The van der Waals surface area contributed by atoms with Crippen LogP contribution in [0.1, 0.15) is 90.5 Å². The van der Waals surface area contributed by atoms with Crippen molar-refractivity contribution in [3.63, 3.8) is 0 Å². The van der Waals surface area contributed by atoms with Gasteiger partial charge in [0.15, 0.2) is 34.4 Å². The second-order valence-electron chi connectivity index (χ2n) is 22.9. The van der Waals surface area contributed by atoms with Crippen molar-refractivity contribution in [3.8, 4) is 0 Å². The molecule has 5 unspecified atom stereocenters. The van der Waals surface area contributed by atoms with Crippen molar-refractivity contribution in [2.24, 2.45) is 0 Å². The fourth-order valence-electron chi connectivity index (χ4n) is 12.4. The normalized spacial score (nSPS) is 26.2. The van der Waals surface area contributed by atoms with Gasteiger partial charge in [-0.15, -0.1) is 0 Å². The maximum absolute atomic E-state index is 13.5. The second-order valence-corrected chi connectivity index (χ2v) is 24.3. The lowest BCUT2D eigenvalue weighted by Gasteiger charge is -2.47. The number of aryl methyl sites for hydroxylation is 1. The minimum Gasteiger partial charge on any atom is -0.743 e. The third kappa shape index (κ3) is 12.9. The Labute approximate surface area is 482 Å². The van der Waals surface area contributed by atoms with E-state index in [-0.39, 0.29) is 19.0 Å². The Kier molecular flexibility index (Phi) is 18.7. The summed E-state index contributed by atoms with van der Waals surface area (Å²) in [6.07, 6.45) is -1.54. The van der Waals surface area contributed by atoms with Crippen molar-refractivity contribution in [2.45, 2.75) is 159 Å². The third-order valence-electron chi connectivity index (χ3n) is 16.4. The summed E-state index contributed by atoms with van der Waals surface area (Å²) >= 11 is 0. The highest BCUT2D eigenvalue weighted by Crippen LogP contribution is 2.51. The summed E-state index contributed by atoms with van der Waals surface area (Å²) in [5.41, 5.74) is 5.33. The molecule has 1 aromatic heterocycles. The predicted molar refractivity (Wildman–Crippen MR) is 306 cm³/mol. The molecule has 0 spiro atoms. The number of carbonyl (C=O) groups excluding carboxylic acids is 3. The molecular weight excluding hydrogens is 1090 g/mol. The van der Waals surface area contributed by atoms with Crippen molar-refractivity contribution in [2.75, 3.05) is 37.6 Å². The molecule has 23 heteroatoms. The lowest BCUT2D eigenvalue weighted by atomic mass is 9.79. The van der Waals surface area contributed by atoms with Crippen molar-refractivity contribution >= 4 is 66.5 Å². The minimum absolute atomic E-state index is 0.113. The molecule has 2 saturated heterocycles. The Morgan fingerprint density at radius 2 is 1.57 bits per heavy atom. The summed E-state index contributed by atoms with van der Waals surface area (Å²) in [7, 11) is -3.39. The van der Waals surface area contributed by atoms with E-state index in [1.54, 1.807) is 22.4 Å². The number of hydrogen-bond acceptors (Lipinski definition) is 16. The van der Waals surface area contributed by atoms with Gasteiger partial charge in [-0.3, -0.25) is 14.4 Å². The Morgan fingerprint density at radius 1 is 0.867 bits per heavy atom. The smallest absolute Gasteiger partial charge is 0.252 e. The van der Waals surface area contributed by atoms with E-state index in [9.17, 15) is 47.8 Å². The van der Waals surface area contributed by atoms with Gasteiger partial charge in [-0.1, -0.05) is 86.2 Å². The Balaban J connectivity index is 0.771. The van der Waals surface area contributed by atoms with Crippen molar-refractivity contribution < 1.29 is 76.0 Å². The van der Waals surface area contributed by atoms with Crippen LogP contribution in [-0.4, -0.2) is 166 Å². The molecule has 3 amide bonds. The standard InChI is InChI=1S/C60H76N8O14S/c1-35-50(63-36(2)70)54(51(72)44(33-69)80-35)81-58-53(74)52(73)55(79-7)56(82-58)57(75)61-28-16-29-66-32-39(64-65-66)31-62-47(71)23-9-8-14-30-67-42-26-24-37-17-10-12-19-40(37)48(42)59(3,4)45(67)21-15-22-46-60(5,6)49-41-20-13-11-18-38(41)25-27-43(49)68(46)34-83(76,77)78/h10-13,15,17-22,24-27,32,35,44,50-56,58,69,72-74H,8-9,14,16,23,28-31,33-34H2,1-7H3,(H3-,61,62,63,70,71,75,76,77,78)/p+1/t35-,44?,50?,51?,52+,53?,54+,55-,56?,58+/m0/s1. The van der Waals surface area contributed by atoms with Crippen LogP contribution in [0.2, 0.25) is 0 Å². The first-order chi connectivity index (χ1) is 39.5. The largest absolute Gasteiger partial charge is 0.743 e. The van der Waals surface area contributed by atoms with Crippen molar-refractivity contribution in [1.29, 1.82) is 0 Å². The van der Waals surface area contributed by atoms with Gasteiger partial charge in [-0.05, 0) is 78.9 Å². The summed E-state index contributed by atoms with van der Waals surface area (Å²) < 4.78 is 63.4. The van der Waals surface area contributed by atoms with Crippen LogP contribution in [0, 0.1) is 0 Å². The molecule has 5 aromatic rings. The molecule has 0 saturated carbocycles. The highest BCUT2D eigenvalue weighted by atomic mass is 32.2. The number of rotatable bonds is 22. The number of amides is 3. The predicted octanol–water partition coefficient (Wildman–Crippen LogP) is 3.00. The number of nitrogens with zero attached hydrogens (tertiary/aromatic N) is 4. The van der Waals surface area contributed by atoms with Crippen LogP contribution >= 0.6 is 0 Å². The topological polar surface area (TPSA) is 301 Å². The number of allylic oxidation sites excluding steroid dienone is 4. The summed E-state index contributed by atoms with van der Waals surface area (Å²) in [6.45, 7) is 12.3. The van der Waals surface area contributed by atoms with Crippen LogP contribution in [0.3, 0.4) is 0 Å². The molecule has 10 atom stereocenters. The number of H-pyrrole nitrogens is 1. The Bertz CT molecular complexity index is 3420. The van der Waals surface area contributed by atoms with Crippen LogP contribution in [0.15, 0.2) is 103 Å². The van der Waals surface area contributed by atoms with Crippen molar-refractivity contribution in [3.05, 3.63) is 120 Å². The minimum atomic E-state index is -4.64. The van der Waals surface area contributed by atoms with Gasteiger partial charge < -0.3 is 64.8 Å². The first kappa shape index (κ1) is 61.1. The molecule has 0 bridgehead atoms. The number of aliphatic hydroxyl groups is 4. The van der Waals surface area contributed by atoms with Crippen LogP contribution in [0.4, 0.5) is 11.4 Å². The second kappa shape index (κ2) is 25.4. The molecule has 4 aliphatic heterocycles. The molecule has 4 aromatic carbocycles. The SMILES string of the molecule is CO[C@@H]1C(C(=O)NCCC[n+]2cc(CNC(=O)CCCCCN3C(=CC=CC4=[N+](CS(=O)(=O)[O-])c5ccc6ccccc6c5C4(C)C)C(C)(C)c4c3ccc3ccccc43)n[nH]2)O[C@@H](O[C@H]2C(O)C(CO)O[C@@H](C)C2NC(C)=O)C(O)[C@H]1O. The van der Waals surface area contributed by atoms with Gasteiger partial charge in [-0.25, -0.2) is 8.42 Å². The lowest BCUT2D eigenvalue weighted by molar-refractivity contribution is -0.753. The zero-order valence-electron chi connectivity index (χ0n) is 47.9. The number of anilines is 1. The van der Waals surface area contributed by atoms with E-state index < -0.39 is 106 Å². The number of aromatic amines is 1. The molecule has 0 aliphatic carbocycles. The summed E-state index contributed by atoms with van der Waals surface area (Å²) in [6, 6.07) is 23.6. The van der Waals surface area contributed by atoms with E-state index in [1.165, 1.54) is 19.6 Å². The van der Waals surface area contributed by atoms with Crippen LogP contribution in [-0.2, 0) is 67.4 Å². The molecule has 83 heavy (non-hydrogen) atoms. The fourth-order valence-corrected chi connectivity index (χ4v) is 13.0. The molecule has 446 valence electrons. The third-order valence-corrected chi connectivity index (χ3v) is 17.0. The number of hydrogen-bond donors (Lipinski definition) is 8. The number of nitrogens with one attached hydrogen (secondary N) is 4. The number of unbranched alkanes of at least 4 members (excludes halogenated alkanes) is 2. The number of aliphatic hydroxyl groups excluding tert-OH is 4. The maximum Gasteiger partial charge on any atom is 0.252 e. The fraction of sp³-hybridized carbons (Fsp3) is 0.500. The lowest BCUT2D eigenvalue weighted by Crippen LogP contribution is -2.68. The van der Waals surface area contributed by atoms with Crippen molar-refractivity contribution in [1.82, 2.24) is 26.3 Å². The monoisotopic (exact) mass is 1170 g/mol. The van der Waals surface area contributed by atoms with E-state index >= 15 is 0 Å². The van der Waals surface area contributed by atoms with Crippen LogP contribution < -0.4 is 25.5 Å². The number of ether oxygens (including phenoxy) is 4. The van der Waals surface area contributed by atoms with Gasteiger partial charge in [0.05, 0.1) is 30.7 Å². The average Bonchev–Trinajstić information content (AvgIpc) is 4.10. The number of aromatic nitrogens is 3. The summed E-state index contributed by atoms with van der Waals surface area (Å²) in [5, 5.41) is 62.7. The van der Waals surface area contributed by atoms with Gasteiger partial charge >= 0.3 is 0 Å². The van der Waals surface area contributed by atoms with Gasteiger partial charge in [0.25, 0.3) is 5.91 Å². The molecule has 2 fully saturated rings. The highest BCUT2D eigenvalue weighted by molar-refractivity contribution is 7.85. The molecule has 4 aliphatic rings. The zero-order chi connectivity index (χ0) is 59.5. The van der Waals surface area contributed by atoms with E-state index in [1.807, 2.05) is 54.6 Å². The quantitative estimate of drug-likeness (QED) is 0.0281. The first-order valence-electron chi connectivity index (χ1n) is 28.2. The number of methoxy groups -OCH3 is 1. The first-order valence-corrected chi connectivity index (χ1v) is 29.8. The van der Waals surface area contributed by atoms with Gasteiger partial charge in [0.2, 0.25) is 29.1 Å². The van der Waals surface area contributed by atoms with Gasteiger partial charge in [-0.2, -0.15) is 9.26 Å². The number of benzene rings is 4. The molecule has 22 nitrogen and oxygen atoms in total. The molecule has 9 rings (SSSR count). The number of fused-ring (bicyclic) bond motifs is 6. The highest BCUT2D eigenvalue weighted by Gasteiger charge is 2.53. The van der Waals surface area contributed by atoms with E-state index in [4.69, 9.17) is 18.9 Å². The summed E-state index contributed by atoms with van der Waals surface area (Å²) in [5.74, 6) is -1.92. The molecule has 5 heterocycles. The van der Waals surface area contributed by atoms with Crippen LogP contribution in [0.25, 0.3) is 21.5 Å². The van der Waals surface area contributed by atoms with Gasteiger partial charge in [0.1, 0.15) is 43.2 Å². The number of carbonyl (C=O) groups is 3. The average molecular weight is 1170 g/mol. The van der Waals surface area contributed by atoms with Gasteiger partial charge in [0, 0.05) is 79.6 Å². The Morgan fingerprint density at radius 3 is 2.25 bits per heavy atom. The Hall–Kier alpha value is -6.51. The maximum atomic E-state index is 13.5. The molecule has 0 radical (unpaired) electrons. The molecular formula is C60H77N8O14S+. The van der Waals surface area contributed by atoms with E-state index in [0.29, 0.717) is 49.4 Å². The zero-order valence-corrected chi connectivity index (χ0v) is 48.7.